The Hall–Kier alpha value is -2.79. The van der Waals surface area contributed by atoms with E-state index in [1.165, 1.54) is 30.4 Å². The minimum absolute atomic E-state index is 0.0569. The van der Waals surface area contributed by atoms with Crippen LogP contribution in [0.5, 0.6) is 0 Å². The van der Waals surface area contributed by atoms with Crippen molar-refractivity contribution < 1.29 is 14.3 Å². The van der Waals surface area contributed by atoms with Crippen molar-refractivity contribution in [1.29, 1.82) is 0 Å². The normalized spacial score (nSPS) is 23.1. The summed E-state index contributed by atoms with van der Waals surface area (Å²) in [5.74, 6) is 1.30. The molecule has 1 aromatic carbocycles. The number of rotatable bonds is 7. The summed E-state index contributed by atoms with van der Waals surface area (Å²) < 4.78 is 11.4. The van der Waals surface area contributed by atoms with Crippen molar-refractivity contribution >= 4 is 11.6 Å². The van der Waals surface area contributed by atoms with Crippen LogP contribution in [0.3, 0.4) is 0 Å². The smallest absolute Gasteiger partial charge is 0.230 e. The Bertz CT molecular complexity index is 1020. The first-order chi connectivity index (χ1) is 17.2. The zero-order valence-electron chi connectivity index (χ0n) is 20.9. The van der Waals surface area contributed by atoms with E-state index in [0.29, 0.717) is 5.91 Å². The molecule has 2 unspecified atom stereocenters. The fraction of sp³-hybridized carbons (Fsp3) is 0.500. The van der Waals surface area contributed by atoms with Crippen molar-refractivity contribution in [2.45, 2.75) is 76.3 Å². The number of para-hydroxylation sites is 1. The Balaban J connectivity index is 1.39. The van der Waals surface area contributed by atoms with Gasteiger partial charge in [0.05, 0.1) is 6.04 Å². The van der Waals surface area contributed by atoms with Crippen molar-refractivity contribution in [3.8, 4) is 0 Å². The molecule has 4 aliphatic rings. The third kappa shape index (κ3) is 5.56. The summed E-state index contributed by atoms with van der Waals surface area (Å²) in [5, 5.41) is 0. The lowest BCUT2D eigenvalue weighted by molar-refractivity contribution is -0.124. The number of hydrogen-bond acceptors (Lipinski definition) is 4. The fourth-order valence-corrected chi connectivity index (χ4v) is 6.06. The summed E-state index contributed by atoms with van der Waals surface area (Å²) in [7, 11) is 2.16. The number of likely N-dealkylation sites (N-methyl/N-ethyl adjacent to an activating group) is 1. The SMILES string of the molecule is CN(CC1CCc2ccccc2N1C(=O)C1CCCCC1)C(CC1=CC=CCC1)C1=COC=CO1. The largest absolute Gasteiger partial charge is 0.466 e. The van der Waals surface area contributed by atoms with Gasteiger partial charge in [0.25, 0.3) is 0 Å². The highest BCUT2D eigenvalue weighted by Gasteiger charge is 2.37. The highest BCUT2D eigenvalue weighted by Crippen LogP contribution is 2.36. The van der Waals surface area contributed by atoms with Crippen molar-refractivity contribution in [2.75, 3.05) is 18.5 Å². The molecule has 2 aliphatic carbocycles. The molecule has 0 radical (unpaired) electrons. The Morgan fingerprint density at radius 2 is 1.97 bits per heavy atom. The van der Waals surface area contributed by atoms with E-state index < -0.39 is 0 Å². The molecule has 0 bridgehead atoms. The van der Waals surface area contributed by atoms with Crippen LogP contribution >= 0.6 is 0 Å². The standard InChI is InChI=1S/C30H38N2O3/c1-31(28(29-22-34-18-19-35-29)20-23-10-4-2-5-11-23)21-26-17-16-24-12-8-9-15-27(24)32(26)30(33)25-13-6-3-7-14-25/h2,4,8-10,12,15,18-19,22,25-26,28H,3,5-7,11,13-14,16-17,20-21H2,1H3. The van der Waals surface area contributed by atoms with Crippen LogP contribution in [0.2, 0.25) is 0 Å². The molecular formula is C30H38N2O3. The molecule has 0 spiro atoms. The van der Waals surface area contributed by atoms with Gasteiger partial charge in [-0.15, -0.1) is 0 Å². The van der Waals surface area contributed by atoms with Crippen LogP contribution in [0.25, 0.3) is 0 Å². The van der Waals surface area contributed by atoms with Crippen molar-refractivity contribution in [1.82, 2.24) is 4.90 Å². The van der Waals surface area contributed by atoms with Crippen LogP contribution in [-0.4, -0.2) is 36.5 Å². The van der Waals surface area contributed by atoms with E-state index in [-0.39, 0.29) is 18.0 Å². The number of nitrogens with zero attached hydrogens (tertiary/aromatic N) is 2. The molecule has 1 amide bonds. The first kappa shape index (κ1) is 23.9. The van der Waals surface area contributed by atoms with E-state index in [1.54, 1.807) is 18.8 Å². The quantitative estimate of drug-likeness (QED) is 0.469. The second-order valence-corrected chi connectivity index (χ2v) is 10.4. The maximum absolute atomic E-state index is 13.9. The molecule has 186 valence electrons. The minimum atomic E-state index is 0.0569. The monoisotopic (exact) mass is 474 g/mol. The lowest BCUT2D eigenvalue weighted by Gasteiger charge is -2.42. The minimum Gasteiger partial charge on any atom is -0.466 e. The summed E-state index contributed by atoms with van der Waals surface area (Å²) in [6.07, 6.45) is 22.2. The predicted molar refractivity (Wildman–Crippen MR) is 139 cm³/mol. The third-order valence-electron chi connectivity index (χ3n) is 7.99. The van der Waals surface area contributed by atoms with Crippen LogP contribution < -0.4 is 4.90 Å². The van der Waals surface area contributed by atoms with E-state index >= 15 is 0 Å². The number of benzene rings is 1. The molecule has 1 saturated carbocycles. The molecule has 35 heavy (non-hydrogen) atoms. The Kier molecular flexibility index (Phi) is 7.72. The number of allylic oxidation sites excluding steroid dienone is 3. The van der Waals surface area contributed by atoms with E-state index in [4.69, 9.17) is 9.47 Å². The van der Waals surface area contributed by atoms with Gasteiger partial charge in [-0.3, -0.25) is 9.69 Å². The second kappa shape index (κ2) is 11.3. The summed E-state index contributed by atoms with van der Waals surface area (Å²) in [6, 6.07) is 8.70. The van der Waals surface area contributed by atoms with Crippen LogP contribution in [0.15, 0.2) is 72.6 Å². The number of carbonyl (C=O) groups is 1. The molecule has 1 fully saturated rings. The van der Waals surface area contributed by atoms with Gasteiger partial charge in [0.2, 0.25) is 5.91 Å². The number of hydrogen-bond donors (Lipinski definition) is 0. The van der Waals surface area contributed by atoms with E-state index in [9.17, 15) is 4.79 Å². The number of fused-ring (bicyclic) bond motifs is 1. The van der Waals surface area contributed by atoms with E-state index in [0.717, 1.165) is 62.9 Å². The molecule has 0 aromatic heterocycles. The van der Waals surface area contributed by atoms with Gasteiger partial charge in [0.15, 0.2) is 5.76 Å². The van der Waals surface area contributed by atoms with Crippen LogP contribution in [0.4, 0.5) is 5.69 Å². The third-order valence-corrected chi connectivity index (χ3v) is 7.99. The van der Waals surface area contributed by atoms with Gasteiger partial charge >= 0.3 is 0 Å². The first-order valence-corrected chi connectivity index (χ1v) is 13.3. The Labute approximate surface area is 209 Å². The molecule has 5 heteroatoms. The molecule has 5 rings (SSSR count). The zero-order chi connectivity index (χ0) is 24.0. The van der Waals surface area contributed by atoms with Gasteiger partial charge in [-0.25, -0.2) is 0 Å². The molecule has 1 aromatic rings. The van der Waals surface area contributed by atoms with Crippen molar-refractivity contribution in [3.63, 3.8) is 0 Å². The molecular weight excluding hydrogens is 436 g/mol. The summed E-state index contributed by atoms with van der Waals surface area (Å²) in [6.45, 7) is 0.797. The predicted octanol–water partition coefficient (Wildman–Crippen LogP) is 6.24. The van der Waals surface area contributed by atoms with Crippen LogP contribution in [-0.2, 0) is 20.7 Å². The van der Waals surface area contributed by atoms with Gasteiger partial charge in [0.1, 0.15) is 18.8 Å². The molecule has 2 aliphatic heterocycles. The number of carbonyl (C=O) groups excluding carboxylic acids is 1. The molecule has 2 atom stereocenters. The first-order valence-electron chi connectivity index (χ1n) is 13.3. The maximum Gasteiger partial charge on any atom is 0.230 e. The topological polar surface area (TPSA) is 42.0 Å². The van der Waals surface area contributed by atoms with E-state index in [2.05, 4.69) is 59.3 Å². The van der Waals surface area contributed by atoms with Crippen LogP contribution in [0.1, 0.15) is 63.4 Å². The van der Waals surface area contributed by atoms with Gasteiger partial charge in [-0.1, -0.05) is 61.3 Å². The number of amides is 1. The van der Waals surface area contributed by atoms with Gasteiger partial charge in [0, 0.05) is 24.2 Å². The fourth-order valence-electron chi connectivity index (χ4n) is 6.06. The second-order valence-electron chi connectivity index (χ2n) is 10.4. The molecule has 2 heterocycles. The number of ether oxygens (including phenoxy) is 2. The van der Waals surface area contributed by atoms with Crippen molar-refractivity contribution in [2.24, 2.45) is 5.92 Å². The highest BCUT2D eigenvalue weighted by molar-refractivity contribution is 5.97. The highest BCUT2D eigenvalue weighted by atomic mass is 16.5. The average Bonchev–Trinajstić information content (AvgIpc) is 2.92. The van der Waals surface area contributed by atoms with Crippen LogP contribution in [0, 0.1) is 5.92 Å². The molecule has 5 nitrogen and oxygen atoms in total. The van der Waals surface area contributed by atoms with Gasteiger partial charge < -0.3 is 14.4 Å². The number of anilines is 1. The maximum atomic E-state index is 13.9. The summed E-state index contributed by atoms with van der Waals surface area (Å²) >= 11 is 0. The molecule has 0 N–H and O–H groups in total. The summed E-state index contributed by atoms with van der Waals surface area (Å²) in [4.78, 5) is 18.5. The molecule has 0 saturated heterocycles. The van der Waals surface area contributed by atoms with E-state index in [1.807, 2.05) is 0 Å². The lowest BCUT2D eigenvalue weighted by atomic mass is 9.86. The van der Waals surface area contributed by atoms with Gasteiger partial charge in [-0.05, 0) is 63.6 Å². The van der Waals surface area contributed by atoms with Gasteiger partial charge in [-0.2, -0.15) is 0 Å². The lowest BCUT2D eigenvalue weighted by Crippen LogP contribution is -2.53. The Morgan fingerprint density at radius 3 is 2.74 bits per heavy atom. The number of aryl methyl sites for hydroxylation is 1. The average molecular weight is 475 g/mol. The zero-order valence-corrected chi connectivity index (χ0v) is 20.9. The Morgan fingerprint density at radius 1 is 1.11 bits per heavy atom. The van der Waals surface area contributed by atoms with Crippen molar-refractivity contribution in [3.05, 3.63) is 78.2 Å². The summed E-state index contributed by atoms with van der Waals surface area (Å²) in [5.41, 5.74) is 3.83.